The molecule has 0 aliphatic carbocycles. The molecule has 0 aliphatic rings. The van der Waals surface area contributed by atoms with Crippen molar-refractivity contribution >= 4 is 40.3 Å². The molecule has 0 fully saturated rings. The molecule has 0 saturated carbocycles. The van der Waals surface area contributed by atoms with Gasteiger partial charge >= 0.3 is 6.36 Å². The number of benzene rings is 2. The number of nitrogens with two attached hydrogens (primary N) is 1. The van der Waals surface area contributed by atoms with Crippen LogP contribution in [-0.2, 0) is 0 Å². The summed E-state index contributed by atoms with van der Waals surface area (Å²) in [5.41, 5.74) is 6.41. The van der Waals surface area contributed by atoms with E-state index in [1.165, 1.54) is 30.3 Å². The molecule has 0 unspecified atom stereocenters. The van der Waals surface area contributed by atoms with Gasteiger partial charge in [0.15, 0.2) is 5.75 Å². The highest BCUT2D eigenvalue weighted by Gasteiger charge is 2.32. The zero-order valence-electron chi connectivity index (χ0n) is 10.3. The van der Waals surface area contributed by atoms with E-state index in [1.54, 1.807) is 6.07 Å². The fraction of sp³-hybridized carbons (Fsp3) is 0.0769. The minimum Gasteiger partial charge on any atom is -0.404 e. The average molecular weight is 337 g/mol. The second-order valence-corrected chi connectivity index (χ2v) is 4.84. The largest absolute Gasteiger partial charge is 0.573 e. The first-order valence-corrected chi connectivity index (χ1v) is 6.38. The number of nitrogens with one attached hydrogen (secondary N) is 1. The second kappa shape index (κ2) is 5.91. The quantitative estimate of drug-likeness (QED) is 0.755. The molecule has 21 heavy (non-hydrogen) atoms. The fourth-order valence-corrected chi connectivity index (χ4v) is 1.93. The van der Waals surface area contributed by atoms with Gasteiger partial charge in [-0.3, -0.25) is 0 Å². The summed E-state index contributed by atoms with van der Waals surface area (Å²) in [5, 5.41) is 3.21. The molecule has 3 N–H and O–H groups in total. The number of halogens is 5. The first-order chi connectivity index (χ1) is 9.76. The Balaban J connectivity index is 2.34. The standard InChI is InChI=1S/C13H9Cl2F3N2O/c14-7-5-9(19)11(6-8(7)15)20-10-3-1-2-4-12(10)21-13(16,17)18/h1-6,20H,19H2. The Morgan fingerprint density at radius 3 is 2.29 bits per heavy atom. The van der Waals surface area contributed by atoms with E-state index in [0.717, 1.165) is 0 Å². The van der Waals surface area contributed by atoms with E-state index in [0.29, 0.717) is 5.69 Å². The highest BCUT2D eigenvalue weighted by Crippen LogP contribution is 2.36. The Hall–Kier alpha value is -1.79. The second-order valence-electron chi connectivity index (χ2n) is 4.02. The van der Waals surface area contributed by atoms with Crippen LogP contribution in [0.4, 0.5) is 30.2 Å². The molecular formula is C13H9Cl2F3N2O. The molecule has 0 spiro atoms. The molecule has 0 aromatic heterocycles. The van der Waals surface area contributed by atoms with Crippen molar-refractivity contribution in [3.05, 3.63) is 46.4 Å². The van der Waals surface area contributed by atoms with Crippen LogP contribution in [0.5, 0.6) is 5.75 Å². The monoisotopic (exact) mass is 336 g/mol. The van der Waals surface area contributed by atoms with Crippen molar-refractivity contribution in [2.24, 2.45) is 0 Å². The van der Waals surface area contributed by atoms with Crippen LogP contribution in [0.3, 0.4) is 0 Å². The molecule has 8 heteroatoms. The third kappa shape index (κ3) is 4.09. The van der Waals surface area contributed by atoms with Gasteiger partial charge in [-0.1, -0.05) is 35.3 Å². The molecule has 112 valence electrons. The number of para-hydroxylation sites is 2. The van der Waals surface area contributed by atoms with E-state index in [-0.39, 0.29) is 27.2 Å². The first-order valence-electron chi connectivity index (χ1n) is 5.62. The molecule has 0 radical (unpaired) electrons. The van der Waals surface area contributed by atoms with Gasteiger partial charge in [-0.15, -0.1) is 13.2 Å². The summed E-state index contributed by atoms with van der Waals surface area (Å²) < 4.78 is 41.0. The van der Waals surface area contributed by atoms with Crippen molar-refractivity contribution < 1.29 is 17.9 Å². The lowest BCUT2D eigenvalue weighted by molar-refractivity contribution is -0.274. The number of ether oxygens (including phenoxy) is 1. The summed E-state index contributed by atoms with van der Waals surface area (Å²) in [7, 11) is 0. The molecule has 0 amide bonds. The maximum atomic E-state index is 12.3. The third-order valence-electron chi connectivity index (χ3n) is 2.47. The smallest absolute Gasteiger partial charge is 0.404 e. The number of hydrogen-bond acceptors (Lipinski definition) is 3. The lowest BCUT2D eigenvalue weighted by Gasteiger charge is -2.16. The SMILES string of the molecule is Nc1cc(Cl)c(Cl)cc1Nc1ccccc1OC(F)(F)F. The highest BCUT2D eigenvalue weighted by molar-refractivity contribution is 6.42. The van der Waals surface area contributed by atoms with Gasteiger partial charge in [-0.2, -0.15) is 0 Å². The van der Waals surface area contributed by atoms with Crippen LogP contribution in [0.1, 0.15) is 0 Å². The molecule has 0 heterocycles. The molecule has 0 atom stereocenters. The average Bonchev–Trinajstić information content (AvgIpc) is 2.36. The Morgan fingerprint density at radius 2 is 1.62 bits per heavy atom. The molecule has 0 aliphatic heterocycles. The van der Waals surface area contributed by atoms with E-state index in [2.05, 4.69) is 10.1 Å². The summed E-state index contributed by atoms with van der Waals surface area (Å²) in [5.74, 6) is -0.379. The first kappa shape index (κ1) is 15.6. The maximum Gasteiger partial charge on any atom is 0.573 e. The predicted octanol–water partition coefficient (Wildman–Crippen LogP) is 5.22. The van der Waals surface area contributed by atoms with Crippen LogP contribution in [0.25, 0.3) is 0 Å². The maximum absolute atomic E-state index is 12.3. The van der Waals surface area contributed by atoms with Crippen molar-refractivity contribution in [3.63, 3.8) is 0 Å². The number of rotatable bonds is 3. The number of nitrogen functional groups attached to an aromatic ring is 1. The molecule has 3 nitrogen and oxygen atoms in total. The summed E-state index contributed by atoms with van der Waals surface area (Å²) in [4.78, 5) is 0. The molecule has 0 bridgehead atoms. The van der Waals surface area contributed by atoms with Gasteiger partial charge in [-0.05, 0) is 24.3 Å². The van der Waals surface area contributed by atoms with E-state index in [4.69, 9.17) is 28.9 Å². The summed E-state index contributed by atoms with van der Waals surface area (Å²) in [6.45, 7) is 0. The normalized spacial score (nSPS) is 11.3. The van der Waals surface area contributed by atoms with Gasteiger partial charge < -0.3 is 15.8 Å². The lowest BCUT2D eigenvalue weighted by Crippen LogP contribution is -2.17. The van der Waals surface area contributed by atoms with Gasteiger partial charge in [0, 0.05) is 0 Å². The van der Waals surface area contributed by atoms with Gasteiger partial charge in [0.2, 0.25) is 0 Å². The Kier molecular flexibility index (Phi) is 4.39. The fourth-order valence-electron chi connectivity index (χ4n) is 1.60. The number of anilines is 3. The Bertz CT molecular complexity index is 662. The zero-order valence-corrected chi connectivity index (χ0v) is 11.9. The van der Waals surface area contributed by atoms with Gasteiger partial charge in [0.1, 0.15) is 0 Å². The Morgan fingerprint density at radius 1 is 1.00 bits per heavy atom. The molecular weight excluding hydrogens is 328 g/mol. The number of hydrogen-bond donors (Lipinski definition) is 2. The van der Waals surface area contributed by atoms with Crippen LogP contribution in [0.2, 0.25) is 10.0 Å². The van der Waals surface area contributed by atoms with Gasteiger partial charge in [0.05, 0.1) is 27.1 Å². The zero-order chi connectivity index (χ0) is 15.6. The van der Waals surface area contributed by atoms with Crippen molar-refractivity contribution in [3.8, 4) is 5.75 Å². The van der Waals surface area contributed by atoms with Crippen molar-refractivity contribution in [1.82, 2.24) is 0 Å². The van der Waals surface area contributed by atoms with Gasteiger partial charge in [0.25, 0.3) is 0 Å². The molecule has 2 aromatic carbocycles. The van der Waals surface area contributed by atoms with E-state index < -0.39 is 6.36 Å². The van der Waals surface area contributed by atoms with Crippen LogP contribution < -0.4 is 15.8 Å². The third-order valence-corrected chi connectivity index (χ3v) is 3.20. The topological polar surface area (TPSA) is 47.3 Å². The minimum absolute atomic E-state index is 0.0971. The van der Waals surface area contributed by atoms with Crippen molar-refractivity contribution in [2.45, 2.75) is 6.36 Å². The predicted molar refractivity (Wildman–Crippen MR) is 77.3 cm³/mol. The highest BCUT2D eigenvalue weighted by atomic mass is 35.5. The van der Waals surface area contributed by atoms with Crippen LogP contribution in [0.15, 0.2) is 36.4 Å². The summed E-state index contributed by atoms with van der Waals surface area (Å²) in [6.07, 6.45) is -4.79. The number of alkyl halides is 3. The summed E-state index contributed by atoms with van der Waals surface area (Å²) in [6, 6.07) is 8.40. The lowest BCUT2D eigenvalue weighted by atomic mass is 10.2. The summed E-state index contributed by atoms with van der Waals surface area (Å²) >= 11 is 11.7. The van der Waals surface area contributed by atoms with Gasteiger partial charge in [-0.25, -0.2) is 0 Å². The van der Waals surface area contributed by atoms with Crippen LogP contribution >= 0.6 is 23.2 Å². The van der Waals surface area contributed by atoms with Crippen molar-refractivity contribution in [1.29, 1.82) is 0 Å². The van der Waals surface area contributed by atoms with Crippen LogP contribution in [-0.4, -0.2) is 6.36 Å². The molecule has 2 rings (SSSR count). The molecule has 0 saturated heterocycles. The van der Waals surface area contributed by atoms with Crippen LogP contribution in [0, 0.1) is 0 Å². The Labute approximate surface area is 128 Å². The van der Waals surface area contributed by atoms with E-state index >= 15 is 0 Å². The minimum atomic E-state index is -4.79. The van der Waals surface area contributed by atoms with E-state index in [1.807, 2.05) is 0 Å². The molecule has 2 aromatic rings. The van der Waals surface area contributed by atoms with E-state index in [9.17, 15) is 13.2 Å². The van der Waals surface area contributed by atoms with Crippen molar-refractivity contribution in [2.75, 3.05) is 11.1 Å².